The molecule has 0 radical (unpaired) electrons. The number of nitrogens with zero attached hydrogens (tertiary/aromatic N) is 1. The monoisotopic (exact) mass is 219 g/mol. The standard InChI is InChI=1S/C13H17NO2/c1-10-4-5-11(2)12(8-10)6-7-14(3)13(16)9-15/h4-5,8-9H,6-7H2,1-3H3. The molecule has 0 spiro atoms. The van der Waals surface area contributed by atoms with E-state index in [0.29, 0.717) is 12.8 Å². The molecule has 0 bridgehead atoms. The van der Waals surface area contributed by atoms with Crippen LogP contribution in [0.1, 0.15) is 16.7 Å². The highest BCUT2D eigenvalue weighted by Crippen LogP contribution is 2.11. The van der Waals surface area contributed by atoms with E-state index in [9.17, 15) is 9.59 Å². The zero-order valence-electron chi connectivity index (χ0n) is 9.99. The Bertz CT molecular complexity index is 399. The predicted molar refractivity (Wildman–Crippen MR) is 63.3 cm³/mol. The van der Waals surface area contributed by atoms with E-state index in [-0.39, 0.29) is 0 Å². The highest BCUT2D eigenvalue weighted by molar-refractivity contribution is 6.23. The number of aryl methyl sites for hydroxylation is 2. The maximum Gasteiger partial charge on any atom is 0.286 e. The van der Waals surface area contributed by atoms with Gasteiger partial charge in [-0.1, -0.05) is 23.8 Å². The van der Waals surface area contributed by atoms with Gasteiger partial charge in [-0.3, -0.25) is 9.59 Å². The van der Waals surface area contributed by atoms with Crippen LogP contribution in [0.5, 0.6) is 0 Å². The molecule has 86 valence electrons. The van der Waals surface area contributed by atoms with E-state index in [1.807, 2.05) is 6.92 Å². The van der Waals surface area contributed by atoms with Crippen molar-refractivity contribution in [3.63, 3.8) is 0 Å². The van der Waals surface area contributed by atoms with Gasteiger partial charge in [-0.15, -0.1) is 0 Å². The lowest BCUT2D eigenvalue weighted by Gasteiger charge is -2.15. The molecule has 1 aromatic carbocycles. The fraction of sp³-hybridized carbons (Fsp3) is 0.385. The van der Waals surface area contributed by atoms with E-state index in [1.165, 1.54) is 21.6 Å². The molecule has 0 heterocycles. The number of amides is 1. The van der Waals surface area contributed by atoms with Crippen LogP contribution in [0.3, 0.4) is 0 Å². The first-order valence-corrected chi connectivity index (χ1v) is 5.31. The van der Waals surface area contributed by atoms with Gasteiger partial charge in [-0.25, -0.2) is 0 Å². The number of likely N-dealkylation sites (N-methyl/N-ethyl adjacent to an activating group) is 1. The minimum atomic E-state index is -0.467. The Morgan fingerprint density at radius 1 is 1.38 bits per heavy atom. The van der Waals surface area contributed by atoms with Crippen molar-refractivity contribution in [2.24, 2.45) is 0 Å². The van der Waals surface area contributed by atoms with Gasteiger partial charge in [-0.2, -0.15) is 0 Å². The van der Waals surface area contributed by atoms with Gasteiger partial charge in [0.05, 0.1) is 0 Å². The minimum Gasteiger partial charge on any atom is -0.339 e. The van der Waals surface area contributed by atoms with Crippen LogP contribution in [0.15, 0.2) is 18.2 Å². The summed E-state index contributed by atoms with van der Waals surface area (Å²) in [7, 11) is 1.64. The Morgan fingerprint density at radius 2 is 2.06 bits per heavy atom. The van der Waals surface area contributed by atoms with Crippen LogP contribution in [0.4, 0.5) is 0 Å². The average Bonchev–Trinajstić information content (AvgIpc) is 2.28. The molecule has 16 heavy (non-hydrogen) atoms. The molecular weight excluding hydrogens is 202 g/mol. The number of rotatable bonds is 4. The second kappa shape index (κ2) is 5.45. The van der Waals surface area contributed by atoms with E-state index in [0.717, 1.165) is 6.42 Å². The summed E-state index contributed by atoms with van der Waals surface area (Å²) >= 11 is 0. The highest BCUT2D eigenvalue weighted by Gasteiger charge is 2.07. The van der Waals surface area contributed by atoms with E-state index in [1.54, 1.807) is 7.05 Å². The largest absolute Gasteiger partial charge is 0.339 e. The Hall–Kier alpha value is -1.64. The van der Waals surface area contributed by atoms with Crippen molar-refractivity contribution < 1.29 is 9.59 Å². The van der Waals surface area contributed by atoms with E-state index in [2.05, 4.69) is 25.1 Å². The van der Waals surface area contributed by atoms with Crippen molar-refractivity contribution in [3.8, 4) is 0 Å². The van der Waals surface area contributed by atoms with Crippen LogP contribution in [0, 0.1) is 13.8 Å². The number of hydrogen-bond acceptors (Lipinski definition) is 2. The zero-order valence-corrected chi connectivity index (χ0v) is 9.99. The van der Waals surface area contributed by atoms with Crippen LogP contribution in [-0.2, 0) is 16.0 Å². The molecule has 0 N–H and O–H groups in total. The van der Waals surface area contributed by atoms with Gasteiger partial charge in [0.25, 0.3) is 5.91 Å². The summed E-state index contributed by atoms with van der Waals surface area (Å²) in [6.45, 7) is 4.67. The molecular formula is C13H17NO2. The third-order valence-corrected chi connectivity index (χ3v) is 2.70. The summed E-state index contributed by atoms with van der Waals surface area (Å²) in [6.07, 6.45) is 1.13. The molecule has 1 rings (SSSR count). The Labute approximate surface area is 96.1 Å². The highest BCUT2D eigenvalue weighted by atomic mass is 16.2. The molecule has 0 aromatic heterocycles. The molecule has 0 aliphatic rings. The van der Waals surface area contributed by atoms with E-state index >= 15 is 0 Å². The number of aldehydes is 1. The third kappa shape index (κ3) is 3.19. The lowest BCUT2D eigenvalue weighted by Crippen LogP contribution is -2.29. The van der Waals surface area contributed by atoms with Gasteiger partial charge in [0, 0.05) is 13.6 Å². The first kappa shape index (κ1) is 12.4. The molecule has 3 heteroatoms. The smallest absolute Gasteiger partial charge is 0.286 e. The molecule has 0 saturated heterocycles. The Kier molecular flexibility index (Phi) is 4.23. The Morgan fingerprint density at radius 3 is 2.69 bits per heavy atom. The van der Waals surface area contributed by atoms with Gasteiger partial charge in [-0.05, 0) is 31.4 Å². The van der Waals surface area contributed by atoms with Gasteiger partial charge in [0.2, 0.25) is 6.29 Å². The van der Waals surface area contributed by atoms with Gasteiger partial charge in [0.1, 0.15) is 0 Å². The van der Waals surface area contributed by atoms with Crippen LogP contribution >= 0.6 is 0 Å². The second-order valence-electron chi connectivity index (χ2n) is 4.06. The van der Waals surface area contributed by atoms with Crippen molar-refractivity contribution >= 4 is 12.2 Å². The summed E-state index contributed by atoms with van der Waals surface area (Å²) in [5.74, 6) is -0.467. The first-order valence-electron chi connectivity index (χ1n) is 5.31. The third-order valence-electron chi connectivity index (χ3n) is 2.70. The molecule has 0 fully saturated rings. The summed E-state index contributed by atoms with van der Waals surface area (Å²) in [5, 5.41) is 0. The topological polar surface area (TPSA) is 37.4 Å². The fourth-order valence-electron chi connectivity index (χ4n) is 1.56. The molecule has 0 aliphatic carbocycles. The van der Waals surface area contributed by atoms with Crippen molar-refractivity contribution in [1.82, 2.24) is 4.90 Å². The van der Waals surface area contributed by atoms with E-state index < -0.39 is 5.91 Å². The number of carbonyl (C=O) groups excluding carboxylic acids is 2. The normalized spacial score (nSPS) is 9.94. The maximum absolute atomic E-state index is 11.0. The molecule has 3 nitrogen and oxygen atoms in total. The lowest BCUT2D eigenvalue weighted by molar-refractivity contribution is -0.137. The van der Waals surface area contributed by atoms with Crippen molar-refractivity contribution in [1.29, 1.82) is 0 Å². The predicted octanol–water partition coefficient (Wildman–Crippen LogP) is 1.50. The van der Waals surface area contributed by atoms with Gasteiger partial charge >= 0.3 is 0 Å². The van der Waals surface area contributed by atoms with Crippen LogP contribution in [0.2, 0.25) is 0 Å². The zero-order chi connectivity index (χ0) is 12.1. The summed E-state index contributed by atoms with van der Waals surface area (Å²) in [5.41, 5.74) is 3.66. The summed E-state index contributed by atoms with van der Waals surface area (Å²) in [6, 6.07) is 6.26. The van der Waals surface area contributed by atoms with Gasteiger partial charge in [0.15, 0.2) is 0 Å². The van der Waals surface area contributed by atoms with Gasteiger partial charge < -0.3 is 4.90 Å². The molecule has 0 aliphatic heterocycles. The van der Waals surface area contributed by atoms with Crippen LogP contribution < -0.4 is 0 Å². The first-order chi connectivity index (χ1) is 7.54. The van der Waals surface area contributed by atoms with Crippen molar-refractivity contribution in [2.45, 2.75) is 20.3 Å². The van der Waals surface area contributed by atoms with Crippen molar-refractivity contribution in [3.05, 3.63) is 34.9 Å². The molecule has 1 aromatic rings. The number of carbonyl (C=O) groups is 2. The van der Waals surface area contributed by atoms with Crippen molar-refractivity contribution in [2.75, 3.05) is 13.6 Å². The molecule has 1 amide bonds. The lowest BCUT2D eigenvalue weighted by atomic mass is 10.0. The fourth-order valence-corrected chi connectivity index (χ4v) is 1.56. The van der Waals surface area contributed by atoms with Crippen LogP contribution in [-0.4, -0.2) is 30.7 Å². The average molecular weight is 219 g/mol. The number of benzene rings is 1. The minimum absolute atomic E-state index is 0.350. The van der Waals surface area contributed by atoms with E-state index in [4.69, 9.17) is 0 Å². The Balaban J connectivity index is 2.64. The second-order valence-corrected chi connectivity index (χ2v) is 4.06. The summed E-state index contributed by atoms with van der Waals surface area (Å²) < 4.78 is 0. The summed E-state index contributed by atoms with van der Waals surface area (Å²) in [4.78, 5) is 22.8. The molecule has 0 saturated carbocycles. The molecule has 0 atom stereocenters. The quantitative estimate of drug-likeness (QED) is 0.568. The molecule has 0 unspecified atom stereocenters. The number of hydrogen-bond donors (Lipinski definition) is 0. The van der Waals surface area contributed by atoms with Crippen LogP contribution in [0.25, 0.3) is 0 Å². The maximum atomic E-state index is 11.0. The SMILES string of the molecule is Cc1ccc(C)c(CCN(C)C(=O)C=O)c1.